The van der Waals surface area contributed by atoms with Crippen molar-refractivity contribution >= 4 is 28.9 Å². The van der Waals surface area contributed by atoms with Gasteiger partial charge in [0.25, 0.3) is 0 Å². The van der Waals surface area contributed by atoms with Crippen LogP contribution in [0.4, 0.5) is 23.0 Å². The van der Waals surface area contributed by atoms with Crippen molar-refractivity contribution < 1.29 is 19.0 Å². The lowest BCUT2D eigenvalue weighted by molar-refractivity contribution is -0.111. The second-order valence-electron chi connectivity index (χ2n) is 7.41. The summed E-state index contributed by atoms with van der Waals surface area (Å²) in [7, 11) is 1.65. The van der Waals surface area contributed by atoms with Crippen LogP contribution in [0.2, 0.25) is 0 Å². The summed E-state index contributed by atoms with van der Waals surface area (Å²) < 4.78 is 18.5. The SMILES string of the molecule is C=CC(=O)Nc1ccc(Oc2nc(Nc3cnn(CCOC)c3)ncc2N2CCOCC2)cc1. The van der Waals surface area contributed by atoms with E-state index in [0.717, 1.165) is 11.4 Å². The van der Waals surface area contributed by atoms with Crippen LogP contribution < -0.4 is 20.3 Å². The number of anilines is 4. The molecule has 0 atom stereocenters. The van der Waals surface area contributed by atoms with Gasteiger partial charge in [-0.3, -0.25) is 9.48 Å². The molecule has 1 aromatic carbocycles. The van der Waals surface area contributed by atoms with Crippen LogP contribution in [-0.4, -0.2) is 65.7 Å². The standard InChI is InChI=1S/C23H27N7O4/c1-3-21(31)26-17-4-6-19(7-5-17)34-22-20(29-8-12-33-13-9-29)15-24-23(28-22)27-18-14-25-30(16-18)10-11-32-2/h3-7,14-16H,1,8-13H2,2H3,(H,26,31)(H,24,27,28). The molecule has 0 saturated carbocycles. The number of hydrogen-bond donors (Lipinski definition) is 2. The highest BCUT2D eigenvalue weighted by Gasteiger charge is 2.19. The number of aromatic nitrogens is 4. The number of benzene rings is 1. The first kappa shape index (κ1) is 23.2. The lowest BCUT2D eigenvalue weighted by Crippen LogP contribution is -2.36. The van der Waals surface area contributed by atoms with Crippen LogP contribution in [0.25, 0.3) is 0 Å². The van der Waals surface area contributed by atoms with E-state index >= 15 is 0 Å². The van der Waals surface area contributed by atoms with Gasteiger partial charge in [-0.05, 0) is 30.3 Å². The highest BCUT2D eigenvalue weighted by atomic mass is 16.5. The minimum atomic E-state index is -0.277. The van der Waals surface area contributed by atoms with Crippen molar-refractivity contribution in [2.24, 2.45) is 0 Å². The van der Waals surface area contributed by atoms with E-state index in [-0.39, 0.29) is 5.91 Å². The maximum atomic E-state index is 11.5. The van der Waals surface area contributed by atoms with Crippen molar-refractivity contribution in [2.45, 2.75) is 6.54 Å². The molecule has 11 nitrogen and oxygen atoms in total. The van der Waals surface area contributed by atoms with Gasteiger partial charge in [0.1, 0.15) is 11.4 Å². The van der Waals surface area contributed by atoms with E-state index in [1.807, 2.05) is 6.20 Å². The zero-order chi connectivity index (χ0) is 23.8. The van der Waals surface area contributed by atoms with Gasteiger partial charge in [0, 0.05) is 32.1 Å². The minimum absolute atomic E-state index is 0.277. The first-order valence-corrected chi connectivity index (χ1v) is 10.8. The summed E-state index contributed by atoms with van der Waals surface area (Å²) in [6, 6.07) is 7.02. The third-order valence-electron chi connectivity index (χ3n) is 5.02. The van der Waals surface area contributed by atoms with Gasteiger partial charge in [-0.1, -0.05) is 6.58 Å². The number of nitrogens with one attached hydrogen (secondary N) is 2. The first-order chi connectivity index (χ1) is 16.6. The fourth-order valence-electron chi connectivity index (χ4n) is 3.29. The fourth-order valence-corrected chi connectivity index (χ4v) is 3.29. The molecule has 1 aliphatic rings. The van der Waals surface area contributed by atoms with Gasteiger partial charge in [0.15, 0.2) is 0 Å². The number of carbonyl (C=O) groups excluding carboxylic acids is 1. The number of methoxy groups -OCH3 is 1. The maximum absolute atomic E-state index is 11.5. The Labute approximate surface area is 197 Å². The van der Waals surface area contributed by atoms with E-state index in [1.54, 1.807) is 48.5 Å². The van der Waals surface area contributed by atoms with Crippen LogP contribution >= 0.6 is 0 Å². The molecule has 1 aliphatic heterocycles. The van der Waals surface area contributed by atoms with Crippen LogP contribution in [0.5, 0.6) is 11.6 Å². The Morgan fingerprint density at radius 3 is 2.74 bits per heavy atom. The molecule has 0 unspecified atom stereocenters. The fraction of sp³-hybridized carbons (Fsp3) is 0.304. The number of morpholine rings is 1. The lowest BCUT2D eigenvalue weighted by Gasteiger charge is -2.29. The predicted octanol–water partition coefficient (Wildman–Crippen LogP) is 2.82. The Bertz CT molecular complexity index is 1110. The molecule has 3 aromatic rings. The van der Waals surface area contributed by atoms with Crippen molar-refractivity contribution in [3.63, 3.8) is 0 Å². The normalized spacial score (nSPS) is 13.4. The minimum Gasteiger partial charge on any atom is -0.437 e. The van der Waals surface area contributed by atoms with E-state index in [0.29, 0.717) is 62.7 Å². The Morgan fingerprint density at radius 2 is 2.00 bits per heavy atom. The second-order valence-corrected chi connectivity index (χ2v) is 7.41. The van der Waals surface area contributed by atoms with Crippen molar-refractivity contribution in [1.29, 1.82) is 0 Å². The molecule has 34 heavy (non-hydrogen) atoms. The number of ether oxygens (including phenoxy) is 3. The molecule has 0 spiro atoms. The average Bonchev–Trinajstić information content (AvgIpc) is 3.31. The van der Waals surface area contributed by atoms with Gasteiger partial charge in [-0.15, -0.1) is 0 Å². The van der Waals surface area contributed by atoms with Crippen LogP contribution in [0.1, 0.15) is 0 Å². The predicted molar refractivity (Wildman–Crippen MR) is 128 cm³/mol. The van der Waals surface area contributed by atoms with Gasteiger partial charge in [0.05, 0.1) is 44.4 Å². The van der Waals surface area contributed by atoms with Crippen molar-refractivity contribution in [3.05, 3.63) is 55.5 Å². The molecule has 1 saturated heterocycles. The summed E-state index contributed by atoms with van der Waals surface area (Å²) in [5, 5.41) is 10.2. The van der Waals surface area contributed by atoms with E-state index in [4.69, 9.17) is 14.2 Å². The second kappa shape index (κ2) is 11.3. The molecule has 1 fully saturated rings. The van der Waals surface area contributed by atoms with Crippen molar-refractivity contribution in [3.8, 4) is 11.6 Å². The summed E-state index contributed by atoms with van der Waals surface area (Å²) in [5.41, 5.74) is 2.17. The van der Waals surface area contributed by atoms with Gasteiger partial charge in [0.2, 0.25) is 17.7 Å². The Morgan fingerprint density at radius 1 is 1.21 bits per heavy atom. The molecule has 0 radical (unpaired) electrons. The zero-order valence-corrected chi connectivity index (χ0v) is 18.9. The van der Waals surface area contributed by atoms with Crippen molar-refractivity contribution in [2.75, 3.05) is 55.6 Å². The smallest absolute Gasteiger partial charge is 0.248 e. The molecular formula is C23H27N7O4. The average molecular weight is 466 g/mol. The maximum Gasteiger partial charge on any atom is 0.248 e. The van der Waals surface area contributed by atoms with Crippen LogP contribution in [-0.2, 0) is 20.8 Å². The van der Waals surface area contributed by atoms with E-state index < -0.39 is 0 Å². The topological polar surface area (TPSA) is 116 Å². The van der Waals surface area contributed by atoms with Gasteiger partial charge in [-0.2, -0.15) is 10.1 Å². The summed E-state index contributed by atoms with van der Waals surface area (Å²) in [6.07, 6.45) is 6.51. The largest absolute Gasteiger partial charge is 0.437 e. The number of hydrogen-bond acceptors (Lipinski definition) is 9. The Kier molecular flexibility index (Phi) is 7.68. The van der Waals surface area contributed by atoms with Crippen molar-refractivity contribution in [1.82, 2.24) is 19.7 Å². The molecule has 0 bridgehead atoms. The number of carbonyl (C=O) groups is 1. The van der Waals surface area contributed by atoms with Crippen LogP contribution in [0.15, 0.2) is 55.5 Å². The lowest BCUT2D eigenvalue weighted by atomic mass is 10.3. The molecule has 4 rings (SSSR count). The quantitative estimate of drug-likeness (QED) is 0.436. The van der Waals surface area contributed by atoms with E-state index in [1.165, 1.54) is 6.08 Å². The third-order valence-corrected chi connectivity index (χ3v) is 5.02. The zero-order valence-electron chi connectivity index (χ0n) is 18.9. The summed E-state index contributed by atoms with van der Waals surface area (Å²) >= 11 is 0. The van der Waals surface area contributed by atoms with Crippen LogP contribution in [0.3, 0.4) is 0 Å². The number of nitrogens with zero attached hydrogens (tertiary/aromatic N) is 5. The first-order valence-electron chi connectivity index (χ1n) is 10.8. The molecule has 0 aliphatic carbocycles. The highest BCUT2D eigenvalue weighted by Crippen LogP contribution is 2.32. The molecule has 2 N–H and O–H groups in total. The molecule has 3 heterocycles. The van der Waals surface area contributed by atoms with Gasteiger partial charge < -0.3 is 29.7 Å². The Hall–Kier alpha value is -3.96. The van der Waals surface area contributed by atoms with Gasteiger partial charge >= 0.3 is 0 Å². The summed E-state index contributed by atoms with van der Waals surface area (Å²) in [5.74, 6) is 1.09. The number of rotatable bonds is 10. The number of amides is 1. The van der Waals surface area contributed by atoms with E-state index in [2.05, 4.69) is 37.2 Å². The molecular weight excluding hydrogens is 438 g/mol. The molecule has 11 heteroatoms. The molecule has 178 valence electrons. The summed E-state index contributed by atoms with van der Waals surface area (Å²) in [6.45, 7) is 7.34. The third kappa shape index (κ3) is 6.09. The van der Waals surface area contributed by atoms with E-state index in [9.17, 15) is 4.79 Å². The Balaban J connectivity index is 1.54. The summed E-state index contributed by atoms with van der Waals surface area (Å²) in [4.78, 5) is 22.7. The monoisotopic (exact) mass is 465 g/mol. The molecule has 2 aromatic heterocycles. The highest BCUT2D eigenvalue weighted by molar-refractivity contribution is 5.98. The van der Waals surface area contributed by atoms with Gasteiger partial charge in [-0.25, -0.2) is 4.98 Å². The molecule has 1 amide bonds. The van der Waals surface area contributed by atoms with Crippen LogP contribution in [0, 0.1) is 0 Å².